The summed E-state index contributed by atoms with van der Waals surface area (Å²) in [5, 5.41) is 4.74. The molecule has 0 saturated heterocycles. The summed E-state index contributed by atoms with van der Waals surface area (Å²) in [7, 11) is 0. The number of halogens is 2. The van der Waals surface area contributed by atoms with Crippen molar-refractivity contribution in [2.75, 3.05) is 19.8 Å². The van der Waals surface area contributed by atoms with Crippen LogP contribution in [-0.4, -0.2) is 25.3 Å². The molecule has 4 heteroatoms. The standard InChI is InChI=1S/C14H21Cl2NO/c1-14(2,3)17-7-9-18-8-6-11-4-5-12(15)10-13(11)16/h4-5,10,17H,6-9H2,1-3H3. The lowest BCUT2D eigenvalue weighted by atomic mass is 10.1. The van der Waals surface area contributed by atoms with E-state index < -0.39 is 0 Å². The van der Waals surface area contributed by atoms with Gasteiger partial charge in [0.05, 0.1) is 13.2 Å². The van der Waals surface area contributed by atoms with Crippen LogP contribution in [0.3, 0.4) is 0 Å². The van der Waals surface area contributed by atoms with Crippen molar-refractivity contribution < 1.29 is 4.74 Å². The Labute approximate surface area is 120 Å². The monoisotopic (exact) mass is 289 g/mol. The van der Waals surface area contributed by atoms with Gasteiger partial charge in [0.15, 0.2) is 0 Å². The van der Waals surface area contributed by atoms with Gasteiger partial charge in [-0.3, -0.25) is 0 Å². The second-order valence-corrected chi connectivity index (χ2v) is 6.12. The fraction of sp³-hybridized carbons (Fsp3) is 0.571. The smallest absolute Gasteiger partial charge is 0.0591 e. The summed E-state index contributed by atoms with van der Waals surface area (Å²) in [6.07, 6.45) is 0.811. The van der Waals surface area contributed by atoms with Crippen LogP contribution >= 0.6 is 23.2 Å². The zero-order valence-electron chi connectivity index (χ0n) is 11.2. The molecule has 0 aliphatic rings. The molecule has 18 heavy (non-hydrogen) atoms. The van der Waals surface area contributed by atoms with Gasteiger partial charge < -0.3 is 10.1 Å². The van der Waals surface area contributed by atoms with Crippen molar-refractivity contribution >= 4 is 23.2 Å². The topological polar surface area (TPSA) is 21.3 Å². The highest BCUT2D eigenvalue weighted by molar-refractivity contribution is 6.35. The summed E-state index contributed by atoms with van der Waals surface area (Å²) in [6, 6.07) is 5.56. The number of rotatable bonds is 6. The minimum absolute atomic E-state index is 0.142. The van der Waals surface area contributed by atoms with E-state index in [0.29, 0.717) is 23.3 Å². The van der Waals surface area contributed by atoms with Crippen molar-refractivity contribution in [2.45, 2.75) is 32.7 Å². The SMILES string of the molecule is CC(C)(C)NCCOCCc1ccc(Cl)cc1Cl. The molecule has 0 bridgehead atoms. The maximum Gasteiger partial charge on any atom is 0.0591 e. The third kappa shape index (κ3) is 6.60. The van der Waals surface area contributed by atoms with Crippen molar-refractivity contribution in [1.82, 2.24) is 5.32 Å². The first kappa shape index (κ1) is 15.8. The lowest BCUT2D eigenvalue weighted by Gasteiger charge is -2.20. The van der Waals surface area contributed by atoms with Crippen molar-refractivity contribution in [3.63, 3.8) is 0 Å². The summed E-state index contributed by atoms with van der Waals surface area (Å²) in [5.74, 6) is 0. The molecule has 0 atom stereocenters. The van der Waals surface area contributed by atoms with Crippen LogP contribution in [0.5, 0.6) is 0 Å². The molecule has 0 fully saturated rings. The first-order chi connectivity index (χ1) is 8.38. The predicted octanol–water partition coefficient (Wildman–Crippen LogP) is 3.94. The summed E-state index contributed by atoms with van der Waals surface area (Å²) < 4.78 is 5.56. The number of ether oxygens (including phenoxy) is 1. The van der Waals surface area contributed by atoms with Gasteiger partial charge in [-0.25, -0.2) is 0 Å². The lowest BCUT2D eigenvalue weighted by molar-refractivity contribution is 0.134. The van der Waals surface area contributed by atoms with Crippen LogP contribution in [0.15, 0.2) is 18.2 Å². The van der Waals surface area contributed by atoms with Crippen LogP contribution < -0.4 is 5.32 Å². The van der Waals surface area contributed by atoms with Gasteiger partial charge >= 0.3 is 0 Å². The van der Waals surface area contributed by atoms with Crippen LogP contribution in [0, 0.1) is 0 Å². The van der Waals surface area contributed by atoms with E-state index in [0.717, 1.165) is 18.5 Å². The molecular formula is C14H21Cl2NO. The molecule has 0 spiro atoms. The maximum absolute atomic E-state index is 6.08. The minimum atomic E-state index is 0.142. The van der Waals surface area contributed by atoms with E-state index in [1.54, 1.807) is 6.07 Å². The quantitative estimate of drug-likeness (QED) is 0.801. The van der Waals surface area contributed by atoms with Crippen LogP contribution in [-0.2, 0) is 11.2 Å². The Morgan fingerprint density at radius 2 is 1.89 bits per heavy atom. The molecule has 1 aromatic carbocycles. The first-order valence-electron chi connectivity index (χ1n) is 6.15. The molecule has 1 rings (SSSR count). The molecule has 0 unspecified atom stereocenters. The molecular weight excluding hydrogens is 269 g/mol. The molecule has 0 aliphatic heterocycles. The second kappa shape index (κ2) is 7.34. The minimum Gasteiger partial charge on any atom is -0.380 e. The van der Waals surface area contributed by atoms with E-state index in [-0.39, 0.29) is 5.54 Å². The number of hydrogen-bond donors (Lipinski definition) is 1. The zero-order chi connectivity index (χ0) is 13.6. The van der Waals surface area contributed by atoms with E-state index >= 15 is 0 Å². The Balaban J connectivity index is 2.18. The third-order valence-corrected chi connectivity index (χ3v) is 3.02. The van der Waals surface area contributed by atoms with Gasteiger partial charge in [0, 0.05) is 22.1 Å². The van der Waals surface area contributed by atoms with Crippen molar-refractivity contribution in [1.29, 1.82) is 0 Å². The summed E-state index contributed by atoms with van der Waals surface area (Å²) in [6.45, 7) is 8.66. The van der Waals surface area contributed by atoms with Gasteiger partial charge in [-0.15, -0.1) is 0 Å². The van der Waals surface area contributed by atoms with Gasteiger partial charge in [0.25, 0.3) is 0 Å². The zero-order valence-corrected chi connectivity index (χ0v) is 12.7. The van der Waals surface area contributed by atoms with Crippen molar-refractivity contribution in [3.05, 3.63) is 33.8 Å². The van der Waals surface area contributed by atoms with Crippen LogP contribution in [0.25, 0.3) is 0 Å². The fourth-order valence-electron chi connectivity index (χ4n) is 1.51. The van der Waals surface area contributed by atoms with Crippen LogP contribution in [0.2, 0.25) is 10.0 Å². The van der Waals surface area contributed by atoms with Gasteiger partial charge in [-0.05, 0) is 44.9 Å². The molecule has 0 radical (unpaired) electrons. The highest BCUT2D eigenvalue weighted by atomic mass is 35.5. The Hall–Kier alpha value is -0.280. The largest absolute Gasteiger partial charge is 0.380 e. The van der Waals surface area contributed by atoms with Gasteiger partial charge in [0.1, 0.15) is 0 Å². The van der Waals surface area contributed by atoms with Crippen molar-refractivity contribution in [3.8, 4) is 0 Å². The van der Waals surface area contributed by atoms with Gasteiger partial charge in [-0.1, -0.05) is 29.3 Å². The van der Waals surface area contributed by atoms with E-state index in [4.69, 9.17) is 27.9 Å². The van der Waals surface area contributed by atoms with Crippen LogP contribution in [0.4, 0.5) is 0 Å². The molecule has 1 N–H and O–H groups in total. The highest BCUT2D eigenvalue weighted by Crippen LogP contribution is 2.21. The van der Waals surface area contributed by atoms with Crippen molar-refractivity contribution in [2.24, 2.45) is 0 Å². The van der Waals surface area contributed by atoms with E-state index in [9.17, 15) is 0 Å². The van der Waals surface area contributed by atoms with E-state index in [1.165, 1.54) is 0 Å². The van der Waals surface area contributed by atoms with E-state index in [1.807, 2.05) is 12.1 Å². The Morgan fingerprint density at radius 3 is 2.50 bits per heavy atom. The Kier molecular flexibility index (Phi) is 6.44. The van der Waals surface area contributed by atoms with Gasteiger partial charge in [-0.2, -0.15) is 0 Å². The predicted molar refractivity (Wildman–Crippen MR) is 78.7 cm³/mol. The molecule has 0 aliphatic carbocycles. The summed E-state index contributed by atoms with van der Waals surface area (Å²) >= 11 is 11.9. The van der Waals surface area contributed by atoms with E-state index in [2.05, 4.69) is 26.1 Å². The molecule has 0 amide bonds. The average Bonchev–Trinajstić information content (AvgIpc) is 2.24. The fourth-order valence-corrected chi connectivity index (χ4v) is 2.01. The maximum atomic E-state index is 6.08. The Morgan fingerprint density at radius 1 is 1.17 bits per heavy atom. The second-order valence-electron chi connectivity index (χ2n) is 5.27. The number of nitrogens with one attached hydrogen (secondary N) is 1. The molecule has 0 saturated carbocycles. The summed E-state index contributed by atoms with van der Waals surface area (Å²) in [4.78, 5) is 0. The average molecular weight is 290 g/mol. The highest BCUT2D eigenvalue weighted by Gasteiger charge is 2.07. The third-order valence-electron chi connectivity index (χ3n) is 2.43. The first-order valence-corrected chi connectivity index (χ1v) is 6.91. The molecule has 2 nitrogen and oxygen atoms in total. The van der Waals surface area contributed by atoms with Gasteiger partial charge in [0.2, 0.25) is 0 Å². The molecule has 0 heterocycles. The lowest BCUT2D eigenvalue weighted by Crippen LogP contribution is -2.38. The number of hydrogen-bond acceptors (Lipinski definition) is 2. The van der Waals surface area contributed by atoms with Crippen LogP contribution in [0.1, 0.15) is 26.3 Å². The normalized spacial score (nSPS) is 11.8. The molecule has 0 aromatic heterocycles. The summed E-state index contributed by atoms with van der Waals surface area (Å²) in [5.41, 5.74) is 1.22. The molecule has 1 aromatic rings. The number of benzene rings is 1. The Bertz CT molecular complexity index is 375. The molecule has 102 valence electrons.